The number of nitrogens with one attached hydrogen (secondary N) is 1. The first-order valence-electron chi connectivity index (χ1n) is 8.14. The van der Waals surface area contributed by atoms with Gasteiger partial charge in [0.2, 0.25) is 11.8 Å². The van der Waals surface area contributed by atoms with Crippen molar-refractivity contribution in [1.29, 1.82) is 0 Å². The molecule has 6 nitrogen and oxygen atoms in total. The van der Waals surface area contributed by atoms with Crippen LogP contribution in [0.5, 0.6) is 5.75 Å². The second-order valence-electron chi connectivity index (χ2n) is 5.73. The third-order valence-electron chi connectivity index (χ3n) is 3.96. The maximum atomic E-state index is 12.4. The number of rotatable bonds is 5. The molecule has 1 aromatic heterocycles. The van der Waals surface area contributed by atoms with Gasteiger partial charge in [0.25, 0.3) is 0 Å². The highest BCUT2D eigenvalue weighted by molar-refractivity contribution is 6.06. The molecule has 2 amide bonds. The lowest BCUT2D eigenvalue weighted by Gasteiger charge is -2.22. The van der Waals surface area contributed by atoms with E-state index >= 15 is 0 Å². The zero-order valence-corrected chi connectivity index (χ0v) is 14.6. The molecule has 0 radical (unpaired) electrons. The number of carbonyl (C=O) groups excluding carboxylic acids is 2. The quantitative estimate of drug-likeness (QED) is 0.768. The van der Waals surface area contributed by atoms with E-state index in [1.54, 1.807) is 43.6 Å². The molecule has 0 atom stereocenters. The Morgan fingerprint density at radius 3 is 2.50 bits per heavy atom. The van der Waals surface area contributed by atoms with Crippen LogP contribution in [0.25, 0.3) is 10.9 Å². The Morgan fingerprint density at radius 2 is 1.81 bits per heavy atom. The number of methoxy groups -OCH3 is 1. The molecule has 0 saturated carbocycles. The summed E-state index contributed by atoms with van der Waals surface area (Å²) in [6, 6.07) is 16.3. The van der Waals surface area contributed by atoms with E-state index < -0.39 is 0 Å². The van der Waals surface area contributed by atoms with Gasteiger partial charge in [-0.25, -0.2) is 0 Å². The summed E-state index contributed by atoms with van der Waals surface area (Å²) in [6.07, 6.45) is 1.67. The van der Waals surface area contributed by atoms with Crippen LogP contribution in [0.15, 0.2) is 60.8 Å². The lowest BCUT2D eigenvalue weighted by molar-refractivity contribution is -0.120. The van der Waals surface area contributed by atoms with Gasteiger partial charge >= 0.3 is 0 Å². The minimum Gasteiger partial charge on any atom is -0.497 e. The molecule has 3 aromatic rings. The number of aromatic nitrogens is 1. The largest absolute Gasteiger partial charge is 0.497 e. The SMILES string of the molecule is COc1ccc(NC(=O)CN(C(C)=O)c2cccc3cccnc23)cc1. The summed E-state index contributed by atoms with van der Waals surface area (Å²) in [5.74, 6) is 0.182. The summed E-state index contributed by atoms with van der Waals surface area (Å²) in [7, 11) is 1.58. The van der Waals surface area contributed by atoms with E-state index in [4.69, 9.17) is 4.74 Å². The smallest absolute Gasteiger partial charge is 0.244 e. The fraction of sp³-hybridized carbons (Fsp3) is 0.150. The molecule has 2 aromatic carbocycles. The monoisotopic (exact) mass is 349 g/mol. The number of pyridine rings is 1. The van der Waals surface area contributed by atoms with Crippen molar-refractivity contribution in [1.82, 2.24) is 4.98 Å². The summed E-state index contributed by atoms with van der Waals surface area (Å²) in [5, 5.41) is 3.70. The molecule has 0 fully saturated rings. The number of carbonyl (C=O) groups is 2. The molecule has 3 rings (SSSR count). The van der Waals surface area contributed by atoms with E-state index in [0.29, 0.717) is 22.6 Å². The number of amides is 2. The molecule has 0 bridgehead atoms. The van der Waals surface area contributed by atoms with Crippen molar-refractivity contribution in [3.05, 3.63) is 60.8 Å². The van der Waals surface area contributed by atoms with E-state index in [1.165, 1.54) is 11.8 Å². The lowest BCUT2D eigenvalue weighted by Crippen LogP contribution is -2.36. The van der Waals surface area contributed by atoms with Crippen molar-refractivity contribution in [2.45, 2.75) is 6.92 Å². The normalized spacial score (nSPS) is 10.4. The van der Waals surface area contributed by atoms with Crippen LogP contribution in [-0.4, -0.2) is 30.5 Å². The number of para-hydroxylation sites is 1. The molecule has 6 heteroatoms. The summed E-state index contributed by atoms with van der Waals surface area (Å²) < 4.78 is 5.10. The number of hydrogen-bond donors (Lipinski definition) is 1. The highest BCUT2D eigenvalue weighted by Gasteiger charge is 2.18. The van der Waals surface area contributed by atoms with E-state index in [2.05, 4.69) is 10.3 Å². The average Bonchev–Trinajstić information content (AvgIpc) is 2.66. The number of benzene rings is 2. The summed E-state index contributed by atoms with van der Waals surface area (Å²) in [6.45, 7) is 1.33. The molecule has 0 unspecified atom stereocenters. The van der Waals surface area contributed by atoms with Gasteiger partial charge in [-0.05, 0) is 36.4 Å². The molecule has 0 aliphatic rings. The molecule has 1 N–H and O–H groups in total. The van der Waals surface area contributed by atoms with Gasteiger partial charge in [-0.2, -0.15) is 0 Å². The van der Waals surface area contributed by atoms with Crippen LogP contribution in [0.2, 0.25) is 0 Å². The topological polar surface area (TPSA) is 71.5 Å². The Bertz CT molecular complexity index is 933. The fourth-order valence-electron chi connectivity index (χ4n) is 2.69. The highest BCUT2D eigenvalue weighted by atomic mass is 16.5. The molecule has 0 spiro atoms. The van der Waals surface area contributed by atoms with Gasteiger partial charge in [0, 0.05) is 24.2 Å². The van der Waals surface area contributed by atoms with Crippen LogP contribution in [0, 0.1) is 0 Å². The number of ether oxygens (including phenoxy) is 1. The highest BCUT2D eigenvalue weighted by Crippen LogP contribution is 2.25. The molecular formula is C20H19N3O3. The number of nitrogens with zero attached hydrogens (tertiary/aromatic N) is 2. The Labute approximate surface area is 151 Å². The van der Waals surface area contributed by atoms with Crippen molar-refractivity contribution in [2.24, 2.45) is 0 Å². The number of anilines is 2. The Hall–Kier alpha value is -3.41. The summed E-state index contributed by atoms with van der Waals surface area (Å²) in [4.78, 5) is 30.4. The van der Waals surface area contributed by atoms with Crippen LogP contribution in [-0.2, 0) is 9.59 Å². The zero-order chi connectivity index (χ0) is 18.5. The summed E-state index contributed by atoms with van der Waals surface area (Å²) >= 11 is 0. The summed E-state index contributed by atoms with van der Waals surface area (Å²) in [5.41, 5.74) is 1.93. The van der Waals surface area contributed by atoms with Crippen molar-refractivity contribution < 1.29 is 14.3 Å². The molecule has 0 saturated heterocycles. The molecule has 0 aliphatic heterocycles. The van der Waals surface area contributed by atoms with Gasteiger partial charge in [0.1, 0.15) is 12.3 Å². The Kier molecular flexibility index (Phi) is 5.12. The molecule has 26 heavy (non-hydrogen) atoms. The van der Waals surface area contributed by atoms with Crippen LogP contribution < -0.4 is 15.0 Å². The number of hydrogen-bond acceptors (Lipinski definition) is 4. The van der Waals surface area contributed by atoms with E-state index in [-0.39, 0.29) is 18.4 Å². The third-order valence-corrected chi connectivity index (χ3v) is 3.96. The van der Waals surface area contributed by atoms with Gasteiger partial charge in [0.05, 0.1) is 18.3 Å². The predicted molar refractivity (Wildman–Crippen MR) is 101 cm³/mol. The van der Waals surface area contributed by atoms with Crippen molar-refractivity contribution >= 4 is 34.1 Å². The molecule has 132 valence electrons. The first-order valence-corrected chi connectivity index (χ1v) is 8.14. The van der Waals surface area contributed by atoms with Gasteiger partial charge in [-0.3, -0.25) is 14.6 Å². The lowest BCUT2D eigenvalue weighted by atomic mass is 10.1. The average molecular weight is 349 g/mol. The first-order chi connectivity index (χ1) is 12.6. The van der Waals surface area contributed by atoms with Crippen molar-refractivity contribution in [3.8, 4) is 5.75 Å². The fourth-order valence-corrected chi connectivity index (χ4v) is 2.69. The molecule has 1 heterocycles. The Balaban J connectivity index is 1.81. The number of fused-ring (bicyclic) bond motifs is 1. The maximum absolute atomic E-state index is 12.4. The van der Waals surface area contributed by atoms with Crippen LogP contribution in [0.4, 0.5) is 11.4 Å². The minimum atomic E-state index is -0.293. The van der Waals surface area contributed by atoms with E-state index in [1.807, 2.05) is 24.3 Å². The Morgan fingerprint density at radius 1 is 1.08 bits per heavy atom. The first kappa shape index (κ1) is 17.4. The predicted octanol–water partition coefficient (Wildman–Crippen LogP) is 3.24. The van der Waals surface area contributed by atoms with Gasteiger partial charge in [-0.15, -0.1) is 0 Å². The van der Waals surface area contributed by atoms with Gasteiger partial charge in [-0.1, -0.05) is 18.2 Å². The van der Waals surface area contributed by atoms with E-state index in [0.717, 1.165) is 5.39 Å². The minimum absolute atomic E-state index is 0.100. The van der Waals surface area contributed by atoms with Crippen LogP contribution in [0.3, 0.4) is 0 Å². The maximum Gasteiger partial charge on any atom is 0.244 e. The van der Waals surface area contributed by atoms with Crippen molar-refractivity contribution in [2.75, 3.05) is 23.9 Å². The molecule has 0 aliphatic carbocycles. The van der Waals surface area contributed by atoms with Crippen LogP contribution in [0.1, 0.15) is 6.92 Å². The third kappa shape index (κ3) is 3.80. The van der Waals surface area contributed by atoms with Crippen LogP contribution >= 0.6 is 0 Å². The van der Waals surface area contributed by atoms with Crippen molar-refractivity contribution in [3.63, 3.8) is 0 Å². The zero-order valence-electron chi connectivity index (χ0n) is 14.6. The molecular weight excluding hydrogens is 330 g/mol. The van der Waals surface area contributed by atoms with E-state index in [9.17, 15) is 9.59 Å². The van der Waals surface area contributed by atoms with Gasteiger partial charge < -0.3 is 15.0 Å². The standard InChI is InChI=1S/C20H19N3O3/c1-14(24)23(18-7-3-5-15-6-4-12-21-20(15)18)13-19(25)22-16-8-10-17(26-2)11-9-16/h3-12H,13H2,1-2H3,(H,22,25). The second-order valence-corrected chi connectivity index (χ2v) is 5.73. The second kappa shape index (κ2) is 7.65. The van der Waals surface area contributed by atoms with Gasteiger partial charge in [0.15, 0.2) is 0 Å².